The Morgan fingerprint density at radius 2 is 2.37 bits per heavy atom. The average molecular weight is 271 g/mol. The lowest BCUT2D eigenvalue weighted by atomic mass is 10.2. The topological polar surface area (TPSA) is 131 Å². The zero-order valence-corrected chi connectivity index (χ0v) is 10.4. The Kier molecular flexibility index (Phi) is 3.85. The Hall–Kier alpha value is -1.48. The van der Waals surface area contributed by atoms with Crippen molar-refractivity contribution in [2.45, 2.75) is 37.9 Å². The first kappa shape index (κ1) is 13.9. The van der Waals surface area contributed by atoms with Gasteiger partial charge in [0.2, 0.25) is 0 Å². The van der Waals surface area contributed by atoms with Crippen molar-refractivity contribution in [1.82, 2.24) is 9.55 Å². The van der Waals surface area contributed by atoms with Crippen LogP contribution in [0, 0.1) is 0 Å². The van der Waals surface area contributed by atoms with Crippen molar-refractivity contribution < 1.29 is 20.1 Å². The average Bonchev–Trinajstić information content (AvgIpc) is 2.69. The number of aliphatic hydroxyl groups is 3. The monoisotopic (exact) mass is 271 g/mol. The van der Waals surface area contributed by atoms with E-state index >= 15 is 0 Å². The van der Waals surface area contributed by atoms with E-state index in [1.165, 1.54) is 13.1 Å². The Morgan fingerprint density at radius 3 is 2.89 bits per heavy atom. The van der Waals surface area contributed by atoms with Gasteiger partial charge in [0.15, 0.2) is 0 Å². The van der Waals surface area contributed by atoms with Crippen molar-refractivity contribution in [1.29, 1.82) is 0 Å². The molecule has 0 spiro atoms. The molecule has 2 heterocycles. The SMILES string of the molecule is CC(O)c1cn([C@H]2CC(O)[C@@H](CO)O2)c(=O)nc1N. The molecule has 8 nitrogen and oxygen atoms in total. The highest BCUT2D eigenvalue weighted by atomic mass is 16.5. The maximum absolute atomic E-state index is 11.8. The highest BCUT2D eigenvalue weighted by Crippen LogP contribution is 2.28. The Labute approximate surface area is 109 Å². The number of ether oxygens (including phenoxy) is 1. The second-order valence-corrected chi connectivity index (χ2v) is 4.56. The van der Waals surface area contributed by atoms with E-state index in [1.807, 2.05) is 0 Å². The van der Waals surface area contributed by atoms with Crippen molar-refractivity contribution >= 4 is 5.82 Å². The van der Waals surface area contributed by atoms with Gasteiger partial charge in [0, 0.05) is 18.2 Å². The minimum Gasteiger partial charge on any atom is -0.394 e. The summed E-state index contributed by atoms with van der Waals surface area (Å²) in [4.78, 5) is 15.4. The van der Waals surface area contributed by atoms with Gasteiger partial charge in [-0.2, -0.15) is 4.98 Å². The standard InChI is InChI=1S/C11H17N3O5/c1-5(16)6-3-14(11(18)13-10(6)12)9-2-7(17)8(4-15)19-9/h3,5,7-9,15-17H,2,4H2,1H3,(H2,12,13,18)/t5?,7?,8-,9-/m1/s1. The Bertz CT molecular complexity index is 516. The number of anilines is 1. The van der Waals surface area contributed by atoms with E-state index in [9.17, 15) is 15.0 Å². The zero-order chi connectivity index (χ0) is 14.2. The van der Waals surface area contributed by atoms with Crippen LogP contribution in [0.2, 0.25) is 0 Å². The first-order chi connectivity index (χ1) is 8.93. The molecule has 19 heavy (non-hydrogen) atoms. The number of hydrogen-bond donors (Lipinski definition) is 4. The summed E-state index contributed by atoms with van der Waals surface area (Å²) < 4.78 is 6.53. The summed E-state index contributed by atoms with van der Waals surface area (Å²) in [5, 5.41) is 28.2. The largest absolute Gasteiger partial charge is 0.394 e. The Morgan fingerprint density at radius 1 is 1.68 bits per heavy atom. The number of rotatable bonds is 3. The molecule has 1 aliphatic rings. The van der Waals surface area contributed by atoms with Crippen LogP contribution in [0.25, 0.3) is 0 Å². The second-order valence-electron chi connectivity index (χ2n) is 4.56. The van der Waals surface area contributed by atoms with Crippen molar-refractivity contribution in [3.63, 3.8) is 0 Å². The molecular formula is C11H17N3O5. The molecule has 1 aliphatic heterocycles. The van der Waals surface area contributed by atoms with Crippen LogP contribution in [0.15, 0.2) is 11.0 Å². The Balaban J connectivity index is 2.36. The molecule has 0 amide bonds. The molecule has 0 bridgehead atoms. The number of aromatic nitrogens is 2. The summed E-state index contributed by atoms with van der Waals surface area (Å²) in [6.45, 7) is 1.17. The van der Waals surface area contributed by atoms with Gasteiger partial charge >= 0.3 is 5.69 Å². The summed E-state index contributed by atoms with van der Waals surface area (Å²) >= 11 is 0. The van der Waals surface area contributed by atoms with E-state index < -0.39 is 30.2 Å². The maximum Gasteiger partial charge on any atom is 0.351 e. The van der Waals surface area contributed by atoms with Crippen molar-refractivity contribution in [2.24, 2.45) is 0 Å². The number of nitrogens with two attached hydrogens (primary N) is 1. The van der Waals surface area contributed by atoms with Gasteiger partial charge in [-0.15, -0.1) is 0 Å². The van der Waals surface area contributed by atoms with E-state index in [4.69, 9.17) is 15.6 Å². The van der Waals surface area contributed by atoms with Gasteiger partial charge in [0.05, 0.1) is 18.8 Å². The van der Waals surface area contributed by atoms with Gasteiger partial charge in [-0.25, -0.2) is 4.79 Å². The molecule has 0 radical (unpaired) electrons. The molecule has 8 heteroatoms. The third-order valence-electron chi connectivity index (χ3n) is 3.16. The quantitative estimate of drug-likeness (QED) is 0.527. The number of aliphatic hydroxyl groups excluding tert-OH is 3. The molecule has 1 aromatic rings. The predicted octanol–water partition coefficient (Wildman–Crippen LogP) is -1.48. The molecule has 4 atom stereocenters. The first-order valence-corrected chi connectivity index (χ1v) is 5.95. The zero-order valence-electron chi connectivity index (χ0n) is 10.4. The molecule has 5 N–H and O–H groups in total. The molecule has 2 unspecified atom stereocenters. The highest BCUT2D eigenvalue weighted by molar-refractivity contribution is 5.38. The van der Waals surface area contributed by atoms with Crippen LogP contribution in [0.1, 0.15) is 31.2 Å². The first-order valence-electron chi connectivity index (χ1n) is 5.95. The normalized spacial score (nSPS) is 28.5. The third kappa shape index (κ3) is 2.61. The fourth-order valence-electron chi connectivity index (χ4n) is 2.07. The summed E-state index contributed by atoms with van der Waals surface area (Å²) in [5.41, 5.74) is 5.24. The summed E-state index contributed by atoms with van der Waals surface area (Å²) in [5.74, 6) is -0.0338. The summed E-state index contributed by atoms with van der Waals surface area (Å²) in [6, 6.07) is 0. The minimum absolute atomic E-state index is 0.0338. The third-order valence-corrected chi connectivity index (χ3v) is 3.16. The lowest BCUT2D eigenvalue weighted by Gasteiger charge is -2.17. The van der Waals surface area contributed by atoms with E-state index in [1.54, 1.807) is 0 Å². The predicted molar refractivity (Wildman–Crippen MR) is 65.2 cm³/mol. The van der Waals surface area contributed by atoms with Crippen LogP contribution in [-0.2, 0) is 4.74 Å². The van der Waals surface area contributed by atoms with Crippen LogP contribution in [0.3, 0.4) is 0 Å². The molecule has 1 aromatic heterocycles. The van der Waals surface area contributed by atoms with E-state index in [0.717, 1.165) is 4.57 Å². The molecule has 2 rings (SSSR count). The number of nitrogen functional groups attached to an aromatic ring is 1. The molecule has 1 fully saturated rings. The molecule has 106 valence electrons. The van der Waals surface area contributed by atoms with Crippen LogP contribution in [-0.4, -0.2) is 43.7 Å². The summed E-state index contributed by atoms with van der Waals surface area (Å²) in [7, 11) is 0. The fourth-order valence-corrected chi connectivity index (χ4v) is 2.07. The van der Waals surface area contributed by atoms with E-state index in [2.05, 4.69) is 4.98 Å². The molecule has 0 aliphatic carbocycles. The highest BCUT2D eigenvalue weighted by Gasteiger charge is 2.35. The molecule has 0 saturated carbocycles. The molecular weight excluding hydrogens is 254 g/mol. The van der Waals surface area contributed by atoms with Crippen molar-refractivity contribution in [3.8, 4) is 0 Å². The summed E-state index contributed by atoms with van der Waals surface area (Å²) in [6.07, 6.45) is -1.66. The maximum atomic E-state index is 11.8. The fraction of sp³-hybridized carbons (Fsp3) is 0.636. The van der Waals surface area contributed by atoms with Gasteiger partial charge in [-0.3, -0.25) is 4.57 Å². The van der Waals surface area contributed by atoms with Gasteiger partial charge in [0.25, 0.3) is 0 Å². The molecule has 0 aromatic carbocycles. The van der Waals surface area contributed by atoms with Crippen LogP contribution in [0.4, 0.5) is 5.82 Å². The number of nitrogens with zero attached hydrogens (tertiary/aromatic N) is 2. The van der Waals surface area contributed by atoms with Crippen LogP contribution < -0.4 is 11.4 Å². The van der Waals surface area contributed by atoms with Crippen LogP contribution >= 0.6 is 0 Å². The van der Waals surface area contributed by atoms with E-state index in [0.29, 0.717) is 5.56 Å². The molecule has 1 saturated heterocycles. The van der Waals surface area contributed by atoms with Crippen molar-refractivity contribution in [3.05, 3.63) is 22.2 Å². The number of hydrogen-bond acceptors (Lipinski definition) is 7. The van der Waals surface area contributed by atoms with Crippen molar-refractivity contribution in [2.75, 3.05) is 12.3 Å². The van der Waals surface area contributed by atoms with E-state index in [-0.39, 0.29) is 18.8 Å². The van der Waals surface area contributed by atoms with Crippen LogP contribution in [0.5, 0.6) is 0 Å². The minimum atomic E-state index is -0.876. The smallest absolute Gasteiger partial charge is 0.351 e. The van der Waals surface area contributed by atoms with Gasteiger partial charge in [-0.05, 0) is 6.92 Å². The van der Waals surface area contributed by atoms with Gasteiger partial charge < -0.3 is 25.8 Å². The lowest BCUT2D eigenvalue weighted by Crippen LogP contribution is -2.29. The second kappa shape index (κ2) is 5.25. The van der Waals surface area contributed by atoms with Gasteiger partial charge in [-0.1, -0.05) is 0 Å². The lowest BCUT2D eigenvalue weighted by molar-refractivity contribution is -0.0460. The van der Waals surface area contributed by atoms with Gasteiger partial charge in [0.1, 0.15) is 18.1 Å².